The third-order valence-electron chi connectivity index (χ3n) is 5.43. The largest absolute Gasteiger partial charge is 0.497 e. The van der Waals surface area contributed by atoms with Crippen molar-refractivity contribution in [3.63, 3.8) is 0 Å². The van der Waals surface area contributed by atoms with Crippen molar-refractivity contribution in [3.8, 4) is 28.5 Å². The van der Waals surface area contributed by atoms with E-state index in [0.717, 1.165) is 61.2 Å². The third-order valence-corrected chi connectivity index (χ3v) is 5.43. The normalized spacial score (nSPS) is 16.0. The average molecular weight is 405 g/mol. The van der Waals surface area contributed by atoms with Crippen LogP contribution in [-0.4, -0.2) is 60.2 Å². The second-order valence-electron chi connectivity index (χ2n) is 7.32. The Morgan fingerprint density at radius 1 is 0.967 bits per heavy atom. The fraction of sp³-hybridized carbons (Fsp3) is 0.318. The highest BCUT2D eigenvalue weighted by molar-refractivity contribution is 5.60. The lowest BCUT2D eigenvalue weighted by atomic mass is 10.1. The summed E-state index contributed by atoms with van der Waals surface area (Å²) in [7, 11) is 1.66. The van der Waals surface area contributed by atoms with Crippen LogP contribution in [0.2, 0.25) is 0 Å². The van der Waals surface area contributed by atoms with Gasteiger partial charge in [-0.05, 0) is 42.0 Å². The summed E-state index contributed by atoms with van der Waals surface area (Å²) in [4.78, 5) is 9.35. The Balaban J connectivity index is 1.22. The van der Waals surface area contributed by atoms with Crippen LogP contribution in [-0.2, 0) is 6.54 Å². The van der Waals surface area contributed by atoms with Crippen molar-refractivity contribution in [2.24, 2.45) is 0 Å². The highest BCUT2D eigenvalue weighted by atomic mass is 16.7. The molecule has 0 saturated carbocycles. The molecule has 1 fully saturated rings. The molecule has 3 heterocycles. The molecule has 0 radical (unpaired) electrons. The summed E-state index contributed by atoms with van der Waals surface area (Å²) in [5, 5.41) is 8.44. The van der Waals surface area contributed by atoms with Crippen molar-refractivity contribution in [3.05, 3.63) is 54.2 Å². The summed E-state index contributed by atoms with van der Waals surface area (Å²) >= 11 is 0. The fourth-order valence-corrected chi connectivity index (χ4v) is 3.73. The van der Waals surface area contributed by atoms with Gasteiger partial charge in [0, 0.05) is 38.3 Å². The number of hydrogen-bond acceptors (Lipinski definition) is 8. The molecule has 2 aliphatic heterocycles. The van der Waals surface area contributed by atoms with Crippen LogP contribution in [0.4, 0.5) is 5.95 Å². The number of benzene rings is 2. The Morgan fingerprint density at radius 3 is 2.57 bits per heavy atom. The molecule has 30 heavy (non-hydrogen) atoms. The minimum absolute atomic E-state index is 0.307. The fourth-order valence-electron chi connectivity index (χ4n) is 3.73. The van der Waals surface area contributed by atoms with Gasteiger partial charge in [-0.25, -0.2) is 4.98 Å². The number of aromatic nitrogens is 3. The number of rotatable bonds is 5. The van der Waals surface area contributed by atoms with Gasteiger partial charge in [-0.2, -0.15) is 5.10 Å². The molecule has 0 atom stereocenters. The quantitative estimate of drug-likeness (QED) is 0.641. The number of methoxy groups -OCH3 is 1. The molecule has 8 heteroatoms. The maximum absolute atomic E-state index is 5.48. The van der Waals surface area contributed by atoms with E-state index in [1.165, 1.54) is 5.56 Å². The molecule has 2 aromatic carbocycles. The summed E-state index contributed by atoms with van der Waals surface area (Å²) in [5.74, 6) is 3.15. The number of piperazine rings is 1. The molecule has 5 rings (SSSR count). The first-order chi connectivity index (χ1) is 14.8. The van der Waals surface area contributed by atoms with Crippen molar-refractivity contribution >= 4 is 5.95 Å². The molecule has 0 bridgehead atoms. The standard InChI is InChI=1S/C22H23N5O3/c1-28-18-5-3-17(4-6-18)19-13-23-25-22(24-19)27-10-8-26(9-11-27)14-16-2-7-20-21(12-16)30-15-29-20/h2-7,12-13H,8-11,14-15H2,1H3. The number of nitrogens with zero attached hydrogens (tertiary/aromatic N) is 5. The van der Waals surface area contributed by atoms with E-state index < -0.39 is 0 Å². The lowest BCUT2D eigenvalue weighted by Gasteiger charge is -2.34. The summed E-state index contributed by atoms with van der Waals surface area (Å²) in [6.07, 6.45) is 1.70. The van der Waals surface area contributed by atoms with E-state index >= 15 is 0 Å². The maximum atomic E-state index is 5.48. The van der Waals surface area contributed by atoms with E-state index in [1.807, 2.05) is 30.3 Å². The summed E-state index contributed by atoms with van der Waals surface area (Å²) in [5.41, 5.74) is 3.03. The molecule has 8 nitrogen and oxygen atoms in total. The van der Waals surface area contributed by atoms with E-state index in [4.69, 9.17) is 19.2 Å². The highest BCUT2D eigenvalue weighted by Crippen LogP contribution is 2.33. The molecule has 0 unspecified atom stereocenters. The molecule has 0 spiro atoms. The Hall–Kier alpha value is -3.39. The molecular weight excluding hydrogens is 382 g/mol. The van der Waals surface area contributed by atoms with Crippen LogP contribution in [0.1, 0.15) is 5.56 Å². The van der Waals surface area contributed by atoms with E-state index in [0.29, 0.717) is 12.7 Å². The Bertz CT molecular complexity index is 1020. The topological polar surface area (TPSA) is 72.8 Å². The van der Waals surface area contributed by atoms with Gasteiger partial charge in [0.15, 0.2) is 11.5 Å². The van der Waals surface area contributed by atoms with E-state index in [9.17, 15) is 0 Å². The first-order valence-electron chi connectivity index (χ1n) is 9.98. The van der Waals surface area contributed by atoms with E-state index in [1.54, 1.807) is 13.3 Å². The minimum Gasteiger partial charge on any atom is -0.497 e. The van der Waals surface area contributed by atoms with Crippen LogP contribution in [0.5, 0.6) is 17.2 Å². The zero-order chi connectivity index (χ0) is 20.3. The Kier molecular flexibility index (Phi) is 5.06. The predicted octanol–water partition coefficient (Wildman–Crippen LogP) is 2.60. The molecule has 2 aliphatic rings. The number of fused-ring (bicyclic) bond motifs is 1. The van der Waals surface area contributed by atoms with E-state index in [2.05, 4.69) is 32.1 Å². The summed E-state index contributed by atoms with van der Waals surface area (Å²) < 4.78 is 16.1. The Labute approximate surface area is 175 Å². The first-order valence-corrected chi connectivity index (χ1v) is 9.98. The highest BCUT2D eigenvalue weighted by Gasteiger charge is 2.21. The molecule has 1 saturated heterocycles. The van der Waals surface area contributed by atoms with Crippen LogP contribution >= 0.6 is 0 Å². The minimum atomic E-state index is 0.307. The molecule has 0 N–H and O–H groups in total. The third kappa shape index (κ3) is 3.86. The SMILES string of the molecule is COc1ccc(-c2cnnc(N3CCN(Cc4ccc5c(c4)OCO5)CC3)n2)cc1. The zero-order valence-corrected chi connectivity index (χ0v) is 16.8. The monoisotopic (exact) mass is 405 g/mol. The van der Waals surface area contributed by atoms with Crippen LogP contribution in [0.25, 0.3) is 11.3 Å². The Morgan fingerprint density at radius 2 is 1.77 bits per heavy atom. The van der Waals surface area contributed by atoms with E-state index in [-0.39, 0.29) is 0 Å². The predicted molar refractivity (Wildman–Crippen MR) is 112 cm³/mol. The first kappa shape index (κ1) is 18.6. The number of ether oxygens (including phenoxy) is 3. The molecule has 3 aromatic rings. The van der Waals surface area contributed by atoms with Crippen molar-refractivity contribution in [1.29, 1.82) is 0 Å². The van der Waals surface area contributed by atoms with Crippen molar-refractivity contribution < 1.29 is 14.2 Å². The summed E-state index contributed by atoms with van der Waals surface area (Å²) in [6, 6.07) is 14.0. The lowest BCUT2D eigenvalue weighted by Crippen LogP contribution is -2.46. The van der Waals surface area contributed by atoms with Gasteiger partial charge in [0.1, 0.15) is 5.75 Å². The van der Waals surface area contributed by atoms with Gasteiger partial charge in [-0.15, -0.1) is 5.10 Å². The molecule has 154 valence electrons. The molecule has 1 aromatic heterocycles. The molecular formula is C22H23N5O3. The lowest BCUT2D eigenvalue weighted by molar-refractivity contribution is 0.174. The number of hydrogen-bond donors (Lipinski definition) is 0. The second kappa shape index (κ2) is 8.16. The van der Waals surface area contributed by atoms with Gasteiger partial charge in [-0.1, -0.05) is 6.07 Å². The zero-order valence-electron chi connectivity index (χ0n) is 16.8. The molecule has 0 aliphatic carbocycles. The van der Waals surface area contributed by atoms with Gasteiger partial charge >= 0.3 is 0 Å². The van der Waals surface area contributed by atoms with Crippen LogP contribution in [0, 0.1) is 0 Å². The average Bonchev–Trinajstić information content (AvgIpc) is 3.28. The van der Waals surface area contributed by atoms with Crippen molar-refractivity contribution in [2.75, 3.05) is 45.0 Å². The molecule has 0 amide bonds. The van der Waals surface area contributed by atoms with Crippen molar-refractivity contribution in [2.45, 2.75) is 6.54 Å². The van der Waals surface area contributed by atoms with Gasteiger partial charge in [-0.3, -0.25) is 4.90 Å². The smallest absolute Gasteiger partial charge is 0.245 e. The second-order valence-corrected chi connectivity index (χ2v) is 7.32. The van der Waals surface area contributed by atoms with Crippen LogP contribution < -0.4 is 19.1 Å². The van der Waals surface area contributed by atoms with Gasteiger partial charge in [0.05, 0.1) is 19.0 Å². The van der Waals surface area contributed by atoms with Gasteiger partial charge < -0.3 is 19.1 Å². The summed E-state index contributed by atoms with van der Waals surface area (Å²) in [6.45, 7) is 4.78. The van der Waals surface area contributed by atoms with Gasteiger partial charge in [0.2, 0.25) is 12.7 Å². The van der Waals surface area contributed by atoms with Crippen LogP contribution in [0.15, 0.2) is 48.7 Å². The van der Waals surface area contributed by atoms with Crippen molar-refractivity contribution in [1.82, 2.24) is 20.1 Å². The van der Waals surface area contributed by atoms with Crippen LogP contribution in [0.3, 0.4) is 0 Å². The number of anilines is 1. The maximum Gasteiger partial charge on any atom is 0.245 e. The van der Waals surface area contributed by atoms with Gasteiger partial charge in [0.25, 0.3) is 0 Å².